The molecule has 0 aliphatic rings. The molecule has 0 spiro atoms. The van der Waals surface area contributed by atoms with Gasteiger partial charge in [-0.25, -0.2) is 0 Å². The minimum Gasteiger partial charge on any atom is -0.352 e. The molecule has 0 radical (unpaired) electrons. The van der Waals surface area contributed by atoms with E-state index in [0.29, 0.717) is 0 Å². The summed E-state index contributed by atoms with van der Waals surface area (Å²) in [6.45, 7) is 2.01. The first-order valence-electron chi connectivity index (χ1n) is 7.31. The molecule has 1 amide bonds. The molecule has 0 aliphatic carbocycles. The van der Waals surface area contributed by atoms with Gasteiger partial charge in [0, 0.05) is 6.04 Å². The summed E-state index contributed by atoms with van der Waals surface area (Å²) in [5.74, 6) is -0.123. The minimum absolute atomic E-state index is 0.104. The Morgan fingerprint density at radius 3 is 2.24 bits per heavy atom. The van der Waals surface area contributed by atoms with Gasteiger partial charge in [-0.2, -0.15) is 0 Å². The lowest BCUT2D eigenvalue weighted by Gasteiger charge is -2.17. The molecule has 21 heavy (non-hydrogen) atoms. The molecule has 0 bridgehead atoms. The molecular formula is C18H22N2O. The van der Waals surface area contributed by atoms with E-state index >= 15 is 0 Å². The highest BCUT2D eigenvalue weighted by Gasteiger charge is 2.17. The zero-order valence-electron chi connectivity index (χ0n) is 12.3. The number of carbonyl (C=O) groups excluding carboxylic acids is 1. The fraction of sp³-hybridized carbons (Fsp3) is 0.278. The Kier molecular flexibility index (Phi) is 5.52. The summed E-state index contributed by atoms with van der Waals surface area (Å²) in [5.41, 5.74) is 8.10. The molecule has 0 aliphatic heterocycles. The smallest absolute Gasteiger partial charge is 0.241 e. The summed E-state index contributed by atoms with van der Waals surface area (Å²) in [6, 6.07) is 19.2. The van der Waals surface area contributed by atoms with E-state index in [1.807, 2.05) is 55.5 Å². The van der Waals surface area contributed by atoms with Crippen LogP contribution >= 0.6 is 0 Å². The van der Waals surface area contributed by atoms with Crippen molar-refractivity contribution in [1.29, 1.82) is 0 Å². The summed E-state index contributed by atoms with van der Waals surface area (Å²) in [7, 11) is 0. The Bertz CT molecular complexity index is 554. The van der Waals surface area contributed by atoms with Gasteiger partial charge >= 0.3 is 0 Å². The van der Waals surface area contributed by atoms with Gasteiger partial charge < -0.3 is 11.1 Å². The van der Waals surface area contributed by atoms with Gasteiger partial charge in [-0.15, -0.1) is 0 Å². The molecule has 0 aromatic heterocycles. The Labute approximate surface area is 126 Å². The van der Waals surface area contributed by atoms with Crippen LogP contribution in [-0.2, 0) is 11.2 Å². The van der Waals surface area contributed by atoms with E-state index in [1.54, 1.807) is 0 Å². The Morgan fingerprint density at radius 2 is 1.62 bits per heavy atom. The van der Waals surface area contributed by atoms with E-state index < -0.39 is 6.04 Å². The topological polar surface area (TPSA) is 55.1 Å². The molecule has 3 nitrogen and oxygen atoms in total. The molecule has 0 saturated carbocycles. The van der Waals surface area contributed by atoms with E-state index in [1.165, 1.54) is 5.56 Å². The molecule has 2 aromatic rings. The minimum atomic E-state index is -0.606. The normalized spacial score (nSPS) is 13.4. The highest BCUT2D eigenvalue weighted by Crippen LogP contribution is 2.10. The molecule has 3 heteroatoms. The van der Waals surface area contributed by atoms with Gasteiger partial charge in [0.25, 0.3) is 0 Å². The van der Waals surface area contributed by atoms with Crippen LogP contribution in [0, 0.1) is 0 Å². The second-order valence-corrected chi connectivity index (χ2v) is 5.32. The Hall–Kier alpha value is -2.13. The average molecular weight is 282 g/mol. The number of nitrogens with two attached hydrogens (primary N) is 1. The quantitative estimate of drug-likeness (QED) is 0.856. The first-order chi connectivity index (χ1) is 10.2. The average Bonchev–Trinajstić information content (AvgIpc) is 2.54. The van der Waals surface area contributed by atoms with Gasteiger partial charge in [0.05, 0.1) is 0 Å². The van der Waals surface area contributed by atoms with Crippen molar-refractivity contribution in [2.45, 2.75) is 31.8 Å². The molecule has 0 heterocycles. The Morgan fingerprint density at radius 1 is 1.05 bits per heavy atom. The summed E-state index contributed by atoms with van der Waals surface area (Å²) in [5, 5.41) is 2.98. The number of hydrogen-bond acceptors (Lipinski definition) is 2. The first-order valence-corrected chi connectivity index (χ1v) is 7.31. The molecule has 2 atom stereocenters. The predicted molar refractivity (Wildman–Crippen MR) is 85.7 cm³/mol. The molecule has 2 aromatic carbocycles. The third-order valence-corrected chi connectivity index (χ3v) is 3.54. The van der Waals surface area contributed by atoms with Crippen LogP contribution in [-0.4, -0.2) is 11.9 Å². The number of amides is 1. The van der Waals surface area contributed by atoms with Gasteiger partial charge in [0.2, 0.25) is 5.91 Å². The predicted octanol–water partition coefficient (Wildman–Crippen LogP) is 2.82. The van der Waals surface area contributed by atoms with Crippen LogP contribution in [0.3, 0.4) is 0 Å². The molecule has 2 unspecified atom stereocenters. The molecule has 110 valence electrons. The second-order valence-electron chi connectivity index (χ2n) is 5.32. The van der Waals surface area contributed by atoms with E-state index in [0.717, 1.165) is 18.4 Å². The standard InChI is InChI=1S/C18H22N2O/c1-14(12-13-15-8-4-2-5-9-15)20-18(21)17(19)16-10-6-3-7-11-16/h2-11,14,17H,12-13,19H2,1H3,(H,20,21). The van der Waals surface area contributed by atoms with Gasteiger partial charge in [0.1, 0.15) is 6.04 Å². The van der Waals surface area contributed by atoms with Crippen molar-refractivity contribution >= 4 is 5.91 Å². The number of benzene rings is 2. The Balaban J connectivity index is 1.82. The summed E-state index contributed by atoms with van der Waals surface area (Å²) >= 11 is 0. The lowest BCUT2D eigenvalue weighted by Crippen LogP contribution is -2.39. The van der Waals surface area contributed by atoms with Crippen LogP contribution in [0.4, 0.5) is 0 Å². The summed E-state index contributed by atoms with van der Waals surface area (Å²) in [6.07, 6.45) is 1.85. The third-order valence-electron chi connectivity index (χ3n) is 3.54. The maximum Gasteiger partial charge on any atom is 0.241 e. The van der Waals surface area contributed by atoms with Crippen LogP contribution in [0.25, 0.3) is 0 Å². The van der Waals surface area contributed by atoms with E-state index in [-0.39, 0.29) is 11.9 Å². The maximum atomic E-state index is 12.1. The van der Waals surface area contributed by atoms with Crippen molar-refractivity contribution in [1.82, 2.24) is 5.32 Å². The summed E-state index contributed by atoms with van der Waals surface area (Å²) in [4.78, 5) is 12.1. The first kappa shape index (κ1) is 15.3. The van der Waals surface area contributed by atoms with Gasteiger partial charge in [-0.3, -0.25) is 4.79 Å². The number of rotatable bonds is 6. The van der Waals surface area contributed by atoms with Gasteiger partial charge in [-0.1, -0.05) is 60.7 Å². The second kappa shape index (κ2) is 7.60. The number of aryl methyl sites for hydroxylation is 1. The summed E-state index contributed by atoms with van der Waals surface area (Å²) < 4.78 is 0. The van der Waals surface area contributed by atoms with Crippen LogP contribution < -0.4 is 11.1 Å². The van der Waals surface area contributed by atoms with E-state index in [4.69, 9.17) is 5.73 Å². The maximum absolute atomic E-state index is 12.1. The van der Waals surface area contributed by atoms with Crippen LogP contribution in [0.2, 0.25) is 0 Å². The van der Waals surface area contributed by atoms with Gasteiger partial charge in [0.15, 0.2) is 0 Å². The highest BCUT2D eigenvalue weighted by atomic mass is 16.2. The van der Waals surface area contributed by atoms with Crippen molar-refractivity contribution < 1.29 is 4.79 Å². The lowest BCUT2D eigenvalue weighted by molar-refractivity contribution is -0.123. The van der Waals surface area contributed by atoms with E-state index in [9.17, 15) is 4.79 Å². The molecule has 2 rings (SSSR count). The number of nitrogens with one attached hydrogen (secondary N) is 1. The van der Waals surface area contributed by atoms with Crippen molar-refractivity contribution in [2.24, 2.45) is 5.73 Å². The molecule has 0 fully saturated rings. The van der Waals surface area contributed by atoms with Crippen molar-refractivity contribution in [3.05, 3.63) is 71.8 Å². The fourth-order valence-corrected chi connectivity index (χ4v) is 2.24. The lowest BCUT2D eigenvalue weighted by atomic mass is 10.0. The van der Waals surface area contributed by atoms with Crippen molar-refractivity contribution in [2.75, 3.05) is 0 Å². The SMILES string of the molecule is CC(CCc1ccccc1)NC(=O)C(N)c1ccccc1. The molecule has 0 saturated heterocycles. The molecular weight excluding hydrogens is 260 g/mol. The van der Waals surface area contributed by atoms with Crippen LogP contribution in [0.1, 0.15) is 30.5 Å². The zero-order valence-corrected chi connectivity index (χ0v) is 12.3. The largest absolute Gasteiger partial charge is 0.352 e. The monoisotopic (exact) mass is 282 g/mol. The van der Waals surface area contributed by atoms with Crippen LogP contribution in [0.5, 0.6) is 0 Å². The van der Waals surface area contributed by atoms with Crippen molar-refractivity contribution in [3.8, 4) is 0 Å². The van der Waals surface area contributed by atoms with Crippen LogP contribution in [0.15, 0.2) is 60.7 Å². The number of hydrogen-bond donors (Lipinski definition) is 2. The van der Waals surface area contributed by atoms with Gasteiger partial charge in [-0.05, 0) is 30.9 Å². The fourth-order valence-electron chi connectivity index (χ4n) is 2.24. The highest BCUT2D eigenvalue weighted by molar-refractivity contribution is 5.83. The van der Waals surface area contributed by atoms with Crippen molar-refractivity contribution in [3.63, 3.8) is 0 Å². The molecule has 3 N–H and O–H groups in total. The van der Waals surface area contributed by atoms with E-state index in [2.05, 4.69) is 17.4 Å². The zero-order chi connectivity index (χ0) is 15.1. The number of carbonyl (C=O) groups is 1. The third kappa shape index (κ3) is 4.72.